The van der Waals surface area contributed by atoms with E-state index in [1.165, 1.54) is 12.1 Å². The van der Waals surface area contributed by atoms with Crippen molar-refractivity contribution < 1.29 is 8.78 Å². The first-order valence-corrected chi connectivity index (χ1v) is 3.72. The molecule has 0 aliphatic rings. The molecule has 0 aliphatic carbocycles. The summed E-state index contributed by atoms with van der Waals surface area (Å²) < 4.78 is 24.8. The Morgan fingerprint density at radius 3 is 2.58 bits per heavy atom. The molecule has 12 heavy (non-hydrogen) atoms. The number of rotatable bonds is 2. The molecule has 0 spiro atoms. The van der Waals surface area contributed by atoms with Crippen molar-refractivity contribution in [2.45, 2.75) is 13.0 Å². The Kier molecular flexibility index (Phi) is 2.76. The summed E-state index contributed by atoms with van der Waals surface area (Å²) in [7, 11) is 0. The first-order chi connectivity index (χ1) is 5.63. The Labute approximate surface area is 70.2 Å². The van der Waals surface area contributed by atoms with Crippen LogP contribution in [0.5, 0.6) is 0 Å². The predicted molar refractivity (Wildman–Crippen MR) is 44.0 cm³/mol. The topological polar surface area (TPSA) is 26.0 Å². The minimum Gasteiger partial charge on any atom is -0.322 e. The van der Waals surface area contributed by atoms with Crippen molar-refractivity contribution in [3.05, 3.63) is 35.1 Å². The molecule has 1 atom stereocenters. The zero-order chi connectivity index (χ0) is 9.14. The van der Waals surface area contributed by atoms with Gasteiger partial charge in [0.2, 0.25) is 0 Å². The minimum absolute atomic E-state index is 0.367. The number of alkyl halides is 1. The van der Waals surface area contributed by atoms with Gasteiger partial charge in [0.05, 0.1) is 6.04 Å². The normalized spacial score (nSPS) is 13.0. The highest BCUT2D eigenvalue weighted by atomic mass is 19.1. The molecule has 0 amide bonds. The fourth-order valence-electron chi connectivity index (χ4n) is 1.07. The van der Waals surface area contributed by atoms with Gasteiger partial charge >= 0.3 is 0 Å². The highest BCUT2D eigenvalue weighted by molar-refractivity contribution is 5.25. The third-order valence-electron chi connectivity index (χ3n) is 1.66. The van der Waals surface area contributed by atoms with Gasteiger partial charge in [-0.2, -0.15) is 0 Å². The zero-order valence-electron chi connectivity index (χ0n) is 6.85. The number of halogens is 2. The van der Waals surface area contributed by atoms with Gasteiger partial charge in [0.15, 0.2) is 0 Å². The molecule has 66 valence electrons. The second kappa shape index (κ2) is 3.63. The molecular formula is C9H11F2N. The molecule has 1 aromatic rings. The van der Waals surface area contributed by atoms with Gasteiger partial charge in [-0.15, -0.1) is 0 Å². The number of hydrogen-bond acceptors (Lipinski definition) is 1. The molecule has 1 nitrogen and oxygen atoms in total. The quantitative estimate of drug-likeness (QED) is 0.724. The summed E-state index contributed by atoms with van der Waals surface area (Å²) in [5.74, 6) is -0.367. The van der Waals surface area contributed by atoms with E-state index in [9.17, 15) is 8.78 Å². The van der Waals surface area contributed by atoms with Crippen molar-refractivity contribution in [2.75, 3.05) is 6.67 Å². The fourth-order valence-corrected chi connectivity index (χ4v) is 1.07. The molecule has 0 heterocycles. The lowest BCUT2D eigenvalue weighted by molar-refractivity contribution is 0.436. The molecule has 2 N–H and O–H groups in total. The molecule has 0 aliphatic heterocycles. The summed E-state index contributed by atoms with van der Waals surface area (Å²) >= 11 is 0. The van der Waals surface area contributed by atoms with Crippen molar-refractivity contribution in [3.63, 3.8) is 0 Å². The van der Waals surface area contributed by atoms with Gasteiger partial charge < -0.3 is 5.73 Å². The van der Waals surface area contributed by atoms with E-state index in [0.29, 0.717) is 5.56 Å². The number of aryl methyl sites for hydroxylation is 1. The molecule has 1 unspecified atom stereocenters. The van der Waals surface area contributed by atoms with Crippen LogP contribution in [0.2, 0.25) is 0 Å². The lowest BCUT2D eigenvalue weighted by atomic mass is 10.1. The van der Waals surface area contributed by atoms with Crippen LogP contribution in [0.15, 0.2) is 18.2 Å². The van der Waals surface area contributed by atoms with Gasteiger partial charge in [0, 0.05) is 0 Å². The SMILES string of the molecule is Cc1cc(F)cc(C(N)CF)c1. The summed E-state index contributed by atoms with van der Waals surface area (Å²) in [6.07, 6.45) is 0. The Morgan fingerprint density at radius 1 is 1.42 bits per heavy atom. The second-order valence-corrected chi connectivity index (χ2v) is 2.82. The largest absolute Gasteiger partial charge is 0.322 e. The standard InChI is InChI=1S/C9H11F2N/c1-6-2-7(9(12)5-10)4-8(11)3-6/h2-4,9H,5,12H2,1H3. The molecule has 0 radical (unpaired) electrons. The van der Waals surface area contributed by atoms with Crippen LogP contribution < -0.4 is 5.73 Å². The van der Waals surface area contributed by atoms with E-state index in [-0.39, 0.29) is 5.82 Å². The molecule has 0 bridgehead atoms. The summed E-state index contributed by atoms with van der Waals surface area (Å²) in [6, 6.07) is 3.62. The van der Waals surface area contributed by atoms with Gasteiger partial charge in [-0.1, -0.05) is 6.07 Å². The number of benzene rings is 1. The van der Waals surface area contributed by atoms with Gasteiger partial charge in [0.25, 0.3) is 0 Å². The minimum atomic E-state index is -0.709. The second-order valence-electron chi connectivity index (χ2n) is 2.82. The van der Waals surface area contributed by atoms with Crippen LogP contribution in [-0.4, -0.2) is 6.67 Å². The molecule has 0 fully saturated rings. The molecule has 0 saturated carbocycles. The summed E-state index contributed by atoms with van der Waals surface area (Å²) in [5.41, 5.74) is 6.66. The fraction of sp³-hybridized carbons (Fsp3) is 0.333. The van der Waals surface area contributed by atoms with Crippen molar-refractivity contribution in [3.8, 4) is 0 Å². The van der Waals surface area contributed by atoms with E-state index in [2.05, 4.69) is 0 Å². The summed E-state index contributed by atoms with van der Waals surface area (Å²) in [6.45, 7) is 1.08. The van der Waals surface area contributed by atoms with E-state index in [0.717, 1.165) is 5.56 Å². The first-order valence-electron chi connectivity index (χ1n) is 3.72. The van der Waals surface area contributed by atoms with Crippen LogP contribution in [0.4, 0.5) is 8.78 Å². The van der Waals surface area contributed by atoms with Gasteiger partial charge in [-0.25, -0.2) is 8.78 Å². The average molecular weight is 171 g/mol. The Bertz CT molecular complexity index is 253. The van der Waals surface area contributed by atoms with Crippen molar-refractivity contribution >= 4 is 0 Å². The number of hydrogen-bond donors (Lipinski definition) is 1. The van der Waals surface area contributed by atoms with Crippen LogP contribution in [0.3, 0.4) is 0 Å². The smallest absolute Gasteiger partial charge is 0.123 e. The monoisotopic (exact) mass is 171 g/mol. The molecule has 1 aromatic carbocycles. The van der Waals surface area contributed by atoms with Crippen molar-refractivity contribution in [1.29, 1.82) is 0 Å². The Hall–Kier alpha value is -0.960. The van der Waals surface area contributed by atoms with E-state index in [4.69, 9.17) is 5.73 Å². The number of nitrogens with two attached hydrogens (primary N) is 1. The van der Waals surface area contributed by atoms with E-state index in [1.807, 2.05) is 0 Å². The molecule has 1 rings (SSSR count). The van der Waals surface area contributed by atoms with Crippen LogP contribution >= 0.6 is 0 Å². The van der Waals surface area contributed by atoms with Gasteiger partial charge in [0.1, 0.15) is 12.5 Å². The zero-order valence-corrected chi connectivity index (χ0v) is 6.85. The van der Waals surface area contributed by atoms with Gasteiger partial charge in [-0.3, -0.25) is 0 Å². The Morgan fingerprint density at radius 2 is 2.08 bits per heavy atom. The molecule has 0 aromatic heterocycles. The van der Waals surface area contributed by atoms with Crippen LogP contribution in [0, 0.1) is 12.7 Å². The van der Waals surface area contributed by atoms with Crippen LogP contribution in [0.25, 0.3) is 0 Å². The molecule has 0 saturated heterocycles. The first kappa shape index (κ1) is 9.13. The third kappa shape index (κ3) is 2.01. The lowest BCUT2D eigenvalue weighted by Crippen LogP contribution is -2.12. The van der Waals surface area contributed by atoms with E-state index in [1.54, 1.807) is 13.0 Å². The van der Waals surface area contributed by atoms with E-state index < -0.39 is 12.7 Å². The van der Waals surface area contributed by atoms with E-state index >= 15 is 0 Å². The highest BCUT2D eigenvalue weighted by Gasteiger charge is 2.06. The predicted octanol–water partition coefficient (Wildman–Crippen LogP) is 2.10. The third-order valence-corrected chi connectivity index (χ3v) is 1.66. The maximum Gasteiger partial charge on any atom is 0.123 e. The van der Waals surface area contributed by atoms with Crippen molar-refractivity contribution in [2.24, 2.45) is 5.73 Å². The summed E-state index contributed by atoms with van der Waals surface area (Å²) in [4.78, 5) is 0. The molecule has 3 heteroatoms. The molecular weight excluding hydrogens is 160 g/mol. The highest BCUT2D eigenvalue weighted by Crippen LogP contribution is 2.14. The maximum atomic E-state index is 12.7. The average Bonchev–Trinajstić information content (AvgIpc) is 2.01. The summed E-state index contributed by atoms with van der Waals surface area (Å²) in [5, 5.41) is 0. The van der Waals surface area contributed by atoms with Crippen LogP contribution in [-0.2, 0) is 0 Å². The van der Waals surface area contributed by atoms with Gasteiger partial charge in [-0.05, 0) is 30.2 Å². The maximum absolute atomic E-state index is 12.7. The van der Waals surface area contributed by atoms with Crippen molar-refractivity contribution in [1.82, 2.24) is 0 Å². The lowest BCUT2D eigenvalue weighted by Gasteiger charge is -2.07. The van der Waals surface area contributed by atoms with Crippen LogP contribution in [0.1, 0.15) is 17.2 Å². The Balaban J connectivity index is 3.00.